The minimum absolute atomic E-state index is 0.238. The standard InChI is InChI=1S/C21H23N3O4/c1-14-8-10-16(11-9-14)21(2)19(26)24(20(27)23-21)13-18(25)22-12-15-6-4-5-7-17(15)28-3/h4-11H,12-13H2,1-3H3,(H,22,25)(H,23,27). The van der Waals surface area contributed by atoms with Gasteiger partial charge in [0.25, 0.3) is 5.91 Å². The van der Waals surface area contributed by atoms with Crippen LogP contribution in [0.5, 0.6) is 5.75 Å². The minimum atomic E-state index is -1.19. The summed E-state index contributed by atoms with van der Waals surface area (Å²) in [4.78, 5) is 38.5. The predicted molar refractivity (Wildman–Crippen MR) is 104 cm³/mol. The molecule has 0 saturated carbocycles. The molecule has 28 heavy (non-hydrogen) atoms. The number of rotatable bonds is 6. The summed E-state index contributed by atoms with van der Waals surface area (Å²) < 4.78 is 5.25. The zero-order valence-electron chi connectivity index (χ0n) is 16.1. The quantitative estimate of drug-likeness (QED) is 0.750. The molecule has 1 aliphatic heterocycles. The normalized spacial score (nSPS) is 18.8. The molecule has 0 aliphatic carbocycles. The summed E-state index contributed by atoms with van der Waals surface area (Å²) in [6.07, 6.45) is 0. The first-order chi connectivity index (χ1) is 13.3. The number of carbonyl (C=O) groups excluding carboxylic acids is 3. The van der Waals surface area contributed by atoms with Crippen molar-refractivity contribution in [2.45, 2.75) is 25.9 Å². The van der Waals surface area contributed by atoms with Crippen LogP contribution in [0, 0.1) is 6.92 Å². The van der Waals surface area contributed by atoms with Crippen LogP contribution < -0.4 is 15.4 Å². The summed E-state index contributed by atoms with van der Waals surface area (Å²) in [6.45, 7) is 3.48. The van der Waals surface area contributed by atoms with Gasteiger partial charge in [-0.05, 0) is 25.5 Å². The fraction of sp³-hybridized carbons (Fsp3) is 0.286. The van der Waals surface area contributed by atoms with E-state index in [0.29, 0.717) is 11.3 Å². The first-order valence-corrected chi connectivity index (χ1v) is 8.95. The van der Waals surface area contributed by atoms with Crippen LogP contribution in [0.25, 0.3) is 0 Å². The number of hydrogen-bond donors (Lipinski definition) is 2. The number of hydrogen-bond acceptors (Lipinski definition) is 4. The van der Waals surface area contributed by atoms with Crippen LogP contribution >= 0.6 is 0 Å². The topological polar surface area (TPSA) is 87.7 Å². The molecule has 1 aliphatic rings. The molecule has 3 rings (SSSR count). The van der Waals surface area contributed by atoms with E-state index < -0.39 is 23.4 Å². The van der Waals surface area contributed by atoms with E-state index in [9.17, 15) is 14.4 Å². The Morgan fingerprint density at radius 1 is 1.14 bits per heavy atom. The SMILES string of the molecule is COc1ccccc1CNC(=O)CN1C(=O)NC(C)(c2ccc(C)cc2)C1=O. The molecule has 0 bridgehead atoms. The van der Waals surface area contributed by atoms with Gasteiger partial charge in [-0.2, -0.15) is 0 Å². The molecule has 0 radical (unpaired) electrons. The maximum Gasteiger partial charge on any atom is 0.325 e. The molecule has 2 aromatic rings. The highest BCUT2D eigenvalue weighted by molar-refractivity contribution is 6.09. The van der Waals surface area contributed by atoms with Crippen LogP contribution in [0.15, 0.2) is 48.5 Å². The van der Waals surface area contributed by atoms with Crippen LogP contribution in [0.4, 0.5) is 4.79 Å². The van der Waals surface area contributed by atoms with Crippen LogP contribution in [0.2, 0.25) is 0 Å². The highest BCUT2D eigenvalue weighted by atomic mass is 16.5. The third kappa shape index (κ3) is 3.69. The van der Waals surface area contributed by atoms with Crippen LogP contribution in [0.3, 0.4) is 0 Å². The van der Waals surface area contributed by atoms with Gasteiger partial charge in [0, 0.05) is 12.1 Å². The molecule has 1 atom stereocenters. The smallest absolute Gasteiger partial charge is 0.325 e. The lowest BCUT2D eigenvalue weighted by molar-refractivity contribution is -0.134. The van der Waals surface area contributed by atoms with Gasteiger partial charge in [0.2, 0.25) is 5.91 Å². The van der Waals surface area contributed by atoms with Crippen molar-refractivity contribution >= 4 is 17.8 Å². The number of carbonyl (C=O) groups is 3. The fourth-order valence-corrected chi connectivity index (χ4v) is 3.17. The number of para-hydroxylation sites is 1. The molecule has 1 unspecified atom stereocenters. The van der Waals surface area contributed by atoms with E-state index in [1.165, 1.54) is 0 Å². The lowest BCUT2D eigenvalue weighted by atomic mass is 9.91. The number of benzene rings is 2. The van der Waals surface area contributed by atoms with Gasteiger partial charge < -0.3 is 15.4 Å². The number of amides is 4. The Bertz CT molecular complexity index is 910. The lowest BCUT2D eigenvalue weighted by Gasteiger charge is -2.22. The molecule has 1 heterocycles. The lowest BCUT2D eigenvalue weighted by Crippen LogP contribution is -2.43. The summed E-state index contributed by atoms with van der Waals surface area (Å²) in [5.74, 6) is -0.221. The van der Waals surface area contributed by atoms with E-state index in [2.05, 4.69) is 10.6 Å². The molecule has 1 saturated heterocycles. The second-order valence-corrected chi connectivity index (χ2v) is 6.90. The summed E-state index contributed by atoms with van der Waals surface area (Å²) >= 11 is 0. The van der Waals surface area contributed by atoms with Gasteiger partial charge in [-0.25, -0.2) is 4.79 Å². The van der Waals surface area contributed by atoms with Crippen molar-refractivity contribution in [2.75, 3.05) is 13.7 Å². The zero-order valence-corrected chi connectivity index (χ0v) is 16.1. The Balaban J connectivity index is 1.67. The molecule has 1 fully saturated rings. The van der Waals surface area contributed by atoms with E-state index in [1.807, 2.05) is 37.3 Å². The molecule has 146 valence electrons. The van der Waals surface area contributed by atoms with Crippen LogP contribution in [-0.4, -0.2) is 36.4 Å². The molecular formula is C21H23N3O4. The highest BCUT2D eigenvalue weighted by Crippen LogP contribution is 2.28. The number of nitrogens with one attached hydrogen (secondary N) is 2. The highest BCUT2D eigenvalue weighted by Gasteiger charge is 2.49. The second-order valence-electron chi connectivity index (χ2n) is 6.90. The van der Waals surface area contributed by atoms with Crippen LogP contribution in [-0.2, 0) is 21.7 Å². The van der Waals surface area contributed by atoms with Gasteiger partial charge in [-0.3, -0.25) is 14.5 Å². The molecule has 7 heteroatoms. The number of aryl methyl sites for hydroxylation is 1. The van der Waals surface area contributed by atoms with Gasteiger partial charge in [-0.1, -0.05) is 48.0 Å². The molecule has 4 amide bonds. The van der Waals surface area contributed by atoms with E-state index >= 15 is 0 Å². The number of imide groups is 1. The Morgan fingerprint density at radius 3 is 2.50 bits per heavy atom. The molecule has 0 aromatic heterocycles. The minimum Gasteiger partial charge on any atom is -0.496 e. The Morgan fingerprint density at radius 2 is 1.82 bits per heavy atom. The summed E-state index contributed by atoms with van der Waals surface area (Å²) in [5, 5.41) is 5.42. The maximum absolute atomic E-state index is 12.9. The molecule has 2 N–H and O–H groups in total. The predicted octanol–water partition coefficient (Wildman–Crippen LogP) is 2.09. The van der Waals surface area contributed by atoms with Crippen molar-refractivity contribution in [1.82, 2.24) is 15.5 Å². The van der Waals surface area contributed by atoms with Gasteiger partial charge in [0.1, 0.15) is 17.8 Å². The van der Waals surface area contributed by atoms with Gasteiger partial charge in [-0.15, -0.1) is 0 Å². The van der Waals surface area contributed by atoms with Crippen molar-refractivity contribution in [1.29, 1.82) is 0 Å². The number of ether oxygens (including phenoxy) is 1. The van der Waals surface area contributed by atoms with Crippen molar-refractivity contribution in [3.8, 4) is 5.75 Å². The molecular weight excluding hydrogens is 358 g/mol. The van der Waals surface area contributed by atoms with Crippen molar-refractivity contribution in [3.05, 3.63) is 65.2 Å². The largest absolute Gasteiger partial charge is 0.496 e. The Kier molecular flexibility index (Phi) is 5.35. The Hall–Kier alpha value is -3.35. The zero-order chi connectivity index (χ0) is 20.3. The fourth-order valence-electron chi connectivity index (χ4n) is 3.17. The monoisotopic (exact) mass is 381 g/mol. The average Bonchev–Trinajstić information content (AvgIpc) is 2.91. The average molecular weight is 381 g/mol. The number of urea groups is 1. The first-order valence-electron chi connectivity index (χ1n) is 8.95. The first kappa shape index (κ1) is 19.4. The van der Waals surface area contributed by atoms with Crippen LogP contribution in [0.1, 0.15) is 23.6 Å². The van der Waals surface area contributed by atoms with Gasteiger partial charge >= 0.3 is 6.03 Å². The van der Waals surface area contributed by atoms with E-state index in [-0.39, 0.29) is 13.1 Å². The van der Waals surface area contributed by atoms with Gasteiger partial charge in [0.15, 0.2) is 0 Å². The molecule has 0 spiro atoms. The molecule has 2 aromatic carbocycles. The summed E-state index contributed by atoms with van der Waals surface area (Å²) in [5.41, 5.74) is 1.35. The number of nitrogens with zero attached hydrogens (tertiary/aromatic N) is 1. The Labute approximate surface area is 163 Å². The number of methoxy groups -OCH3 is 1. The van der Waals surface area contributed by atoms with Crippen molar-refractivity contribution < 1.29 is 19.1 Å². The maximum atomic E-state index is 12.9. The van der Waals surface area contributed by atoms with Gasteiger partial charge in [0.05, 0.1) is 7.11 Å². The third-order valence-corrected chi connectivity index (χ3v) is 4.87. The second kappa shape index (κ2) is 7.72. The summed E-state index contributed by atoms with van der Waals surface area (Å²) in [6, 6.07) is 14.1. The summed E-state index contributed by atoms with van der Waals surface area (Å²) in [7, 11) is 1.56. The third-order valence-electron chi connectivity index (χ3n) is 4.87. The van der Waals surface area contributed by atoms with Crippen molar-refractivity contribution in [3.63, 3.8) is 0 Å². The van der Waals surface area contributed by atoms with E-state index in [4.69, 9.17) is 4.74 Å². The molecule has 7 nitrogen and oxygen atoms in total. The van der Waals surface area contributed by atoms with E-state index in [1.54, 1.807) is 32.2 Å². The van der Waals surface area contributed by atoms with Crippen molar-refractivity contribution in [2.24, 2.45) is 0 Å². The van der Waals surface area contributed by atoms with E-state index in [0.717, 1.165) is 16.0 Å².